The van der Waals surface area contributed by atoms with Gasteiger partial charge in [0.05, 0.1) is 17.5 Å². The Morgan fingerprint density at radius 3 is 2.55 bits per heavy atom. The van der Waals surface area contributed by atoms with Gasteiger partial charge in [-0.3, -0.25) is 19.1 Å². The van der Waals surface area contributed by atoms with Crippen molar-refractivity contribution in [2.24, 2.45) is 17.6 Å². The van der Waals surface area contributed by atoms with Crippen molar-refractivity contribution in [3.8, 4) is 0 Å². The zero-order valence-corrected chi connectivity index (χ0v) is 12.4. The summed E-state index contributed by atoms with van der Waals surface area (Å²) in [6.07, 6.45) is 4.16. The predicted octanol–water partition coefficient (Wildman–Crippen LogP) is 0.831. The molecule has 1 aliphatic carbocycles. The number of anilines is 1. The molecule has 22 heavy (non-hydrogen) atoms. The van der Waals surface area contributed by atoms with E-state index < -0.39 is 29.6 Å². The first kappa shape index (κ1) is 16.0. The van der Waals surface area contributed by atoms with Crippen LogP contribution in [0.1, 0.15) is 43.1 Å². The lowest BCUT2D eigenvalue weighted by Gasteiger charge is -2.27. The summed E-state index contributed by atoms with van der Waals surface area (Å²) in [5.74, 6) is -3.38. The maximum atomic E-state index is 12.4. The minimum Gasteiger partial charge on any atom is -0.481 e. The summed E-state index contributed by atoms with van der Waals surface area (Å²) in [5, 5.41) is 15.8. The van der Waals surface area contributed by atoms with Crippen LogP contribution in [-0.4, -0.2) is 32.7 Å². The van der Waals surface area contributed by atoms with Crippen LogP contribution in [0.5, 0.6) is 0 Å². The third-order valence-electron chi connectivity index (χ3n) is 4.00. The summed E-state index contributed by atoms with van der Waals surface area (Å²) >= 11 is 0. The fraction of sp³-hybridized carbons (Fsp3) is 0.571. The van der Waals surface area contributed by atoms with Crippen molar-refractivity contribution < 1.29 is 19.5 Å². The molecule has 2 unspecified atom stereocenters. The number of carboxylic acids is 1. The van der Waals surface area contributed by atoms with Gasteiger partial charge in [0.25, 0.3) is 5.91 Å². The van der Waals surface area contributed by atoms with E-state index in [1.54, 1.807) is 0 Å². The number of primary amides is 1. The van der Waals surface area contributed by atoms with Gasteiger partial charge in [-0.1, -0.05) is 12.8 Å². The number of carbonyl (C=O) groups is 3. The summed E-state index contributed by atoms with van der Waals surface area (Å²) in [7, 11) is 0. The average molecular weight is 308 g/mol. The minimum absolute atomic E-state index is 0.0158. The number of carbonyl (C=O) groups excluding carboxylic acids is 2. The molecule has 2 rings (SSSR count). The zero-order valence-electron chi connectivity index (χ0n) is 12.4. The predicted molar refractivity (Wildman–Crippen MR) is 78.1 cm³/mol. The molecule has 0 bridgehead atoms. The summed E-state index contributed by atoms with van der Waals surface area (Å²) in [6.45, 7) is 2.36. The largest absolute Gasteiger partial charge is 0.481 e. The highest BCUT2D eigenvalue weighted by Gasteiger charge is 2.36. The highest BCUT2D eigenvalue weighted by atomic mass is 16.4. The summed E-state index contributed by atoms with van der Waals surface area (Å²) in [6, 6.07) is 0. The smallest absolute Gasteiger partial charge is 0.307 e. The van der Waals surface area contributed by atoms with Gasteiger partial charge >= 0.3 is 5.97 Å². The van der Waals surface area contributed by atoms with Crippen LogP contribution in [0.15, 0.2) is 6.20 Å². The Kier molecular flexibility index (Phi) is 4.79. The molecule has 0 aliphatic heterocycles. The molecule has 4 N–H and O–H groups in total. The number of hydrogen-bond donors (Lipinski definition) is 3. The van der Waals surface area contributed by atoms with Gasteiger partial charge in [0.1, 0.15) is 0 Å². The van der Waals surface area contributed by atoms with E-state index in [9.17, 15) is 19.5 Å². The fourth-order valence-corrected chi connectivity index (χ4v) is 2.82. The number of aryl methyl sites for hydroxylation is 1. The van der Waals surface area contributed by atoms with E-state index in [-0.39, 0.29) is 11.4 Å². The van der Waals surface area contributed by atoms with Gasteiger partial charge < -0.3 is 16.2 Å². The maximum Gasteiger partial charge on any atom is 0.307 e. The lowest BCUT2D eigenvalue weighted by atomic mass is 9.78. The van der Waals surface area contributed by atoms with Crippen LogP contribution >= 0.6 is 0 Å². The number of rotatable bonds is 5. The Labute approximate surface area is 127 Å². The van der Waals surface area contributed by atoms with E-state index in [4.69, 9.17) is 5.73 Å². The lowest BCUT2D eigenvalue weighted by molar-refractivity contribution is -0.147. The van der Waals surface area contributed by atoms with Crippen molar-refractivity contribution in [1.82, 2.24) is 9.78 Å². The van der Waals surface area contributed by atoms with Crippen LogP contribution in [0.25, 0.3) is 0 Å². The van der Waals surface area contributed by atoms with Crippen molar-refractivity contribution in [3.63, 3.8) is 0 Å². The van der Waals surface area contributed by atoms with Crippen LogP contribution in [0.2, 0.25) is 0 Å². The van der Waals surface area contributed by atoms with E-state index in [0.717, 1.165) is 12.8 Å². The van der Waals surface area contributed by atoms with Crippen molar-refractivity contribution in [2.75, 3.05) is 5.32 Å². The van der Waals surface area contributed by atoms with E-state index in [2.05, 4.69) is 10.4 Å². The Morgan fingerprint density at radius 1 is 1.36 bits per heavy atom. The van der Waals surface area contributed by atoms with Crippen molar-refractivity contribution in [2.45, 2.75) is 39.2 Å². The molecule has 8 nitrogen and oxygen atoms in total. The van der Waals surface area contributed by atoms with Crippen molar-refractivity contribution >= 4 is 23.5 Å². The Balaban J connectivity index is 2.19. The van der Waals surface area contributed by atoms with Gasteiger partial charge in [0.15, 0.2) is 5.69 Å². The van der Waals surface area contributed by atoms with Gasteiger partial charge in [-0.15, -0.1) is 0 Å². The minimum atomic E-state index is -0.959. The SMILES string of the molecule is CCn1cc(NC(=O)C2CCCCC2C(=O)O)c(C(N)=O)n1. The zero-order chi connectivity index (χ0) is 16.3. The highest BCUT2D eigenvalue weighted by molar-refractivity contribution is 6.02. The van der Waals surface area contributed by atoms with Crippen LogP contribution in [0.3, 0.4) is 0 Å². The second-order valence-corrected chi connectivity index (χ2v) is 5.44. The molecule has 0 saturated heterocycles. The summed E-state index contributed by atoms with van der Waals surface area (Å²) in [5.41, 5.74) is 5.47. The summed E-state index contributed by atoms with van der Waals surface area (Å²) < 4.78 is 1.49. The number of carboxylic acid groups (broad SMARTS) is 1. The van der Waals surface area contributed by atoms with Gasteiger partial charge in [0.2, 0.25) is 5.91 Å². The Morgan fingerprint density at radius 2 is 2.00 bits per heavy atom. The standard InChI is InChI=1S/C14H20N4O4/c1-2-18-7-10(11(17-18)12(15)19)16-13(20)8-5-3-4-6-9(8)14(21)22/h7-9H,2-6H2,1H3,(H2,15,19)(H,16,20)(H,21,22). The molecule has 0 spiro atoms. The molecule has 2 amide bonds. The normalized spacial score (nSPS) is 21.3. The molecular weight excluding hydrogens is 288 g/mol. The van der Waals surface area contributed by atoms with E-state index in [1.807, 2.05) is 6.92 Å². The lowest BCUT2D eigenvalue weighted by Crippen LogP contribution is -2.36. The molecule has 1 heterocycles. The van der Waals surface area contributed by atoms with Gasteiger partial charge in [0, 0.05) is 12.7 Å². The molecule has 2 atom stereocenters. The quantitative estimate of drug-likeness (QED) is 0.742. The number of amides is 2. The number of nitrogens with one attached hydrogen (secondary N) is 1. The molecule has 0 radical (unpaired) electrons. The van der Waals surface area contributed by atoms with Crippen molar-refractivity contribution in [1.29, 1.82) is 0 Å². The van der Waals surface area contributed by atoms with E-state index in [0.29, 0.717) is 19.4 Å². The molecule has 1 saturated carbocycles. The van der Waals surface area contributed by atoms with Gasteiger partial charge in [-0.2, -0.15) is 5.10 Å². The van der Waals surface area contributed by atoms with Crippen molar-refractivity contribution in [3.05, 3.63) is 11.9 Å². The second-order valence-electron chi connectivity index (χ2n) is 5.44. The number of nitrogens with two attached hydrogens (primary N) is 1. The first-order valence-electron chi connectivity index (χ1n) is 7.35. The monoisotopic (exact) mass is 308 g/mol. The first-order valence-corrected chi connectivity index (χ1v) is 7.35. The van der Waals surface area contributed by atoms with Gasteiger partial charge in [-0.05, 0) is 19.8 Å². The van der Waals surface area contributed by atoms with Crippen LogP contribution in [0.4, 0.5) is 5.69 Å². The third-order valence-corrected chi connectivity index (χ3v) is 4.00. The van der Waals surface area contributed by atoms with E-state index in [1.165, 1.54) is 10.9 Å². The molecule has 1 aliphatic rings. The Bertz CT molecular complexity index is 596. The third kappa shape index (κ3) is 3.26. The van der Waals surface area contributed by atoms with Crippen LogP contribution in [-0.2, 0) is 16.1 Å². The Hall–Kier alpha value is -2.38. The topological polar surface area (TPSA) is 127 Å². The number of aromatic nitrogens is 2. The molecule has 0 aromatic carbocycles. The number of hydrogen-bond acceptors (Lipinski definition) is 4. The van der Waals surface area contributed by atoms with Gasteiger partial charge in [-0.25, -0.2) is 0 Å². The fourth-order valence-electron chi connectivity index (χ4n) is 2.82. The molecule has 1 aromatic rings. The molecule has 8 heteroatoms. The number of nitrogens with zero attached hydrogens (tertiary/aromatic N) is 2. The molecule has 120 valence electrons. The average Bonchev–Trinajstić information content (AvgIpc) is 2.90. The molecule has 1 aromatic heterocycles. The maximum absolute atomic E-state index is 12.4. The summed E-state index contributed by atoms with van der Waals surface area (Å²) in [4.78, 5) is 35.1. The molecular formula is C14H20N4O4. The van der Waals surface area contributed by atoms with E-state index >= 15 is 0 Å². The highest BCUT2D eigenvalue weighted by Crippen LogP contribution is 2.31. The first-order chi connectivity index (χ1) is 10.4. The number of aliphatic carboxylic acids is 1. The second kappa shape index (κ2) is 6.59. The van der Waals surface area contributed by atoms with Crippen LogP contribution < -0.4 is 11.1 Å². The molecule has 1 fully saturated rings. The van der Waals surface area contributed by atoms with Crippen LogP contribution in [0, 0.1) is 11.8 Å².